The zero-order valence-electron chi connectivity index (χ0n) is 10.7. The van der Waals surface area contributed by atoms with Crippen LogP contribution >= 0.6 is 0 Å². The maximum atomic E-state index is 13.5. The molecular formula is C13H17FN2O2. The summed E-state index contributed by atoms with van der Waals surface area (Å²) in [5.41, 5.74) is 0.735. The molecule has 0 aliphatic carbocycles. The fraction of sp³-hybridized carbons (Fsp3) is 0.385. The highest BCUT2D eigenvalue weighted by molar-refractivity contribution is 5.97. The van der Waals surface area contributed by atoms with Crippen molar-refractivity contribution in [3.05, 3.63) is 35.1 Å². The second-order valence-corrected chi connectivity index (χ2v) is 4.07. The number of benzene rings is 1. The minimum atomic E-state index is -0.697. The van der Waals surface area contributed by atoms with Crippen LogP contribution in [0.3, 0.4) is 0 Å². The normalized spacial score (nSPS) is 11.8. The first-order valence-corrected chi connectivity index (χ1v) is 5.80. The smallest absolute Gasteiger partial charge is 0.254 e. The summed E-state index contributed by atoms with van der Waals surface area (Å²) in [4.78, 5) is 23.2. The van der Waals surface area contributed by atoms with E-state index in [1.165, 1.54) is 12.1 Å². The van der Waals surface area contributed by atoms with Crippen LogP contribution in [-0.4, -0.2) is 24.4 Å². The first kappa shape index (κ1) is 14.2. The van der Waals surface area contributed by atoms with Gasteiger partial charge >= 0.3 is 0 Å². The van der Waals surface area contributed by atoms with E-state index in [0.717, 1.165) is 5.56 Å². The second kappa shape index (κ2) is 6.14. The molecule has 1 unspecified atom stereocenters. The van der Waals surface area contributed by atoms with Crippen molar-refractivity contribution in [3.8, 4) is 0 Å². The van der Waals surface area contributed by atoms with Crippen LogP contribution in [0.5, 0.6) is 0 Å². The van der Waals surface area contributed by atoms with E-state index < -0.39 is 17.8 Å². The number of carbonyl (C=O) groups is 2. The van der Waals surface area contributed by atoms with Gasteiger partial charge in [0.2, 0.25) is 5.91 Å². The Bertz CT molecular complexity index is 460. The topological polar surface area (TPSA) is 58.2 Å². The van der Waals surface area contributed by atoms with Gasteiger partial charge in [0.25, 0.3) is 5.91 Å². The molecule has 0 spiro atoms. The van der Waals surface area contributed by atoms with Gasteiger partial charge in [-0.25, -0.2) is 4.39 Å². The van der Waals surface area contributed by atoms with Crippen LogP contribution in [0.2, 0.25) is 0 Å². The van der Waals surface area contributed by atoms with E-state index in [1.54, 1.807) is 26.8 Å². The first-order valence-electron chi connectivity index (χ1n) is 5.80. The lowest BCUT2D eigenvalue weighted by Gasteiger charge is -2.13. The standard InChI is InChI=1S/C13H17FN2O2/c1-4-15-12(17)9(3)16-13(18)10-7-8(2)5-6-11(10)14/h5-7,9H,4H2,1-3H3,(H,15,17)(H,16,18). The van der Waals surface area contributed by atoms with Gasteiger partial charge in [-0.05, 0) is 32.9 Å². The molecule has 0 bridgehead atoms. The van der Waals surface area contributed by atoms with E-state index in [-0.39, 0.29) is 11.5 Å². The van der Waals surface area contributed by atoms with Crippen LogP contribution in [0, 0.1) is 12.7 Å². The van der Waals surface area contributed by atoms with Gasteiger partial charge in [-0.1, -0.05) is 11.6 Å². The molecule has 0 aliphatic heterocycles. The van der Waals surface area contributed by atoms with Crippen LogP contribution in [0.4, 0.5) is 4.39 Å². The van der Waals surface area contributed by atoms with E-state index in [1.807, 2.05) is 0 Å². The van der Waals surface area contributed by atoms with Crippen LogP contribution in [0.15, 0.2) is 18.2 Å². The summed E-state index contributed by atoms with van der Waals surface area (Å²) in [6, 6.07) is 3.58. The molecule has 0 saturated heterocycles. The summed E-state index contributed by atoms with van der Waals surface area (Å²) in [6.07, 6.45) is 0. The molecule has 0 fully saturated rings. The molecule has 98 valence electrons. The molecule has 0 heterocycles. The number of amides is 2. The molecule has 1 aromatic rings. The fourth-order valence-corrected chi connectivity index (χ4v) is 1.48. The molecule has 1 aromatic carbocycles. The van der Waals surface area contributed by atoms with Gasteiger partial charge in [-0.15, -0.1) is 0 Å². The molecule has 18 heavy (non-hydrogen) atoms. The van der Waals surface area contributed by atoms with Crippen molar-refractivity contribution in [1.29, 1.82) is 0 Å². The van der Waals surface area contributed by atoms with E-state index in [0.29, 0.717) is 6.54 Å². The average molecular weight is 252 g/mol. The minimum absolute atomic E-state index is 0.0499. The van der Waals surface area contributed by atoms with Crippen molar-refractivity contribution < 1.29 is 14.0 Å². The van der Waals surface area contributed by atoms with Crippen LogP contribution in [-0.2, 0) is 4.79 Å². The lowest BCUT2D eigenvalue weighted by atomic mass is 10.1. The van der Waals surface area contributed by atoms with E-state index in [4.69, 9.17) is 0 Å². The van der Waals surface area contributed by atoms with Gasteiger partial charge in [0, 0.05) is 6.54 Å². The molecular weight excluding hydrogens is 235 g/mol. The second-order valence-electron chi connectivity index (χ2n) is 4.07. The Kier molecular flexibility index (Phi) is 4.83. The number of likely N-dealkylation sites (N-methyl/N-ethyl adjacent to an activating group) is 1. The minimum Gasteiger partial charge on any atom is -0.355 e. The number of carbonyl (C=O) groups excluding carboxylic acids is 2. The molecule has 0 aromatic heterocycles. The Morgan fingerprint density at radius 2 is 2.06 bits per heavy atom. The molecule has 4 nitrogen and oxygen atoms in total. The SMILES string of the molecule is CCNC(=O)C(C)NC(=O)c1cc(C)ccc1F. The zero-order valence-corrected chi connectivity index (χ0v) is 10.7. The van der Waals surface area contributed by atoms with E-state index in [2.05, 4.69) is 10.6 Å². The van der Waals surface area contributed by atoms with Crippen molar-refractivity contribution in [2.75, 3.05) is 6.54 Å². The highest BCUT2D eigenvalue weighted by Crippen LogP contribution is 2.10. The van der Waals surface area contributed by atoms with Crippen LogP contribution in [0.25, 0.3) is 0 Å². The Morgan fingerprint density at radius 3 is 2.67 bits per heavy atom. The highest BCUT2D eigenvalue weighted by atomic mass is 19.1. The predicted octanol–water partition coefficient (Wildman–Crippen LogP) is 1.39. The maximum absolute atomic E-state index is 13.5. The van der Waals surface area contributed by atoms with Crippen LogP contribution < -0.4 is 10.6 Å². The van der Waals surface area contributed by atoms with Gasteiger partial charge < -0.3 is 10.6 Å². The Balaban J connectivity index is 2.76. The number of halogens is 1. The summed E-state index contributed by atoms with van der Waals surface area (Å²) in [6.45, 7) is 5.59. The number of rotatable bonds is 4. The third-order valence-electron chi connectivity index (χ3n) is 2.46. The zero-order chi connectivity index (χ0) is 13.7. The van der Waals surface area contributed by atoms with E-state index in [9.17, 15) is 14.0 Å². The van der Waals surface area contributed by atoms with E-state index >= 15 is 0 Å². The largest absolute Gasteiger partial charge is 0.355 e. The fourth-order valence-electron chi connectivity index (χ4n) is 1.48. The molecule has 0 aliphatic rings. The first-order chi connectivity index (χ1) is 8.45. The Morgan fingerprint density at radius 1 is 1.39 bits per heavy atom. The molecule has 2 amide bonds. The van der Waals surface area contributed by atoms with Crippen molar-refractivity contribution in [2.24, 2.45) is 0 Å². The summed E-state index contributed by atoms with van der Waals surface area (Å²) in [5, 5.41) is 5.04. The molecule has 1 atom stereocenters. The number of nitrogens with one attached hydrogen (secondary N) is 2. The third kappa shape index (κ3) is 3.55. The number of hydrogen-bond donors (Lipinski definition) is 2. The molecule has 0 radical (unpaired) electrons. The van der Waals surface area contributed by atoms with Crippen molar-refractivity contribution in [3.63, 3.8) is 0 Å². The van der Waals surface area contributed by atoms with Crippen molar-refractivity contribution in [1.82, 2.24) is 10.6 Å². The lowest BCUT2D eigenvalue weighted by Crippen LogP contribution is -2.44. The quantitative estimate of drug-likeness (QED) is 0.850. The van der Waals surface area contributed by atoms with Gasteiger partial charge in [-0.2, -0.15) is 0 Å². The van der Waals surface area contributed by atoms with Gasteiger partial charge in [0.05, 0.1) is 5.56 Å². The lowest BCUT2D eigenvalue weighted by molar-refractivity contribution is -0.122. The Hall–Kier alpha value is -1.91. The molecule has 5 heteroatoms. The molecule has 1 rings (SSSR count). The molecule has 2 N–H and O–H groups in total. The molecule has 0 saturated carbocycles. The predicted molar refractivity (Wildman–Crippen MR) is 66.7 cm³/mol. The number of hydrogen-bond acceptors (Lipinski definition) is 2. The monoisotopic (exact) mass is 252 g/mol. The average Bonchev–Trinajstić information content (AvgIpc) is 2.32. The Labute approximate surface area is 106 Å². The van der Waals surface area contributed by atoms with Gasteiger partial charge in [0.15, 0.2) is 0 Å². The third-order valence-corrected chi connectivity index (χ3v) is 2.46. The summed E-state index contributed by atoms with van der Waals surface area (Å²) in [7, 11) is 0. The summed E-state index contributed by atoms with van der Waals surface area (Å²) in [5.74, 6) is -1.48. The van der Waals surface area contributed by atoms with Crippen molar-refractivity contribution >= 4 is 11.8 Å². The van der Waals surface area contributed by atoms with Gasteiger partial charge in [-0.3, -0.25) is 9.59 Å². The number of aryl methyl sites for hydroxylation is 1. The summed E-state index contributed by atoms with van der Waals surface area (Å²) < 4.78 is 13.5. The van der Waals surface area contributed by atoms with Crippen molar-refractivity contribution in [2.45, 2.75) is 26.8 Å². The van der Waals surface area contributed by atoms with Gasteiger partial charge in [0.1, 0.15) is 11.9 Å². The van der Waals surface area contributed by atoms with Crippen LogP contribution in [0.1, 0.15) is 29.8 Å². The highest BCUT2D eigenvalue weighted by Gasteiger charge is 2.18. The summed E-state index contributed by atoms with van der Waals surface area (Å²) >= 11 is 0. The maximum Gasteiger partial charge on any atom is 0.254 e.